The first-order chi connectivity index (χ1) is 8.22. The molecular weight excluding hydrogens is 214 g/mol. The van der Waals surface area contributed by atoms with Gasteiger partial charge in [0.15, 0.2) is 0 Å². The van der Waals surface area contributed by atoms with E-state index in [2.05, 4.69) is 4.90 Å². The Morgan fingerprint density at radius 1 is 1.29 bits per heavy atom. The number of hydrogen-bond donors (Lipinski definition) is 1. The fourth-order valence-electron chi connectivity index (χ4n) is 3.15. The van der Waals surface area contributed by atoms with E-state index in [1.54, 1.807) is 0 Å². The van der Waals surface area contributed by atoms with Gasteiger partial charge < -0.3 is 10.6 Å². The Balaban J connectivity index is 1.96. The Bertz CT molecular complexity index is 263. The summed E-state index contributed by atoms with van der Waals surface area (Å²) in [5.41, 5.74) is 5.63. The van der Waals surface area contributed by atoms with Gasteiger partial charge in [-0.05, 0) is 25.8 Å². The van der Waals surface area contributed by atoms with Crippen LogP contribution in [-0.2, 0) is 4.79 Å². The summed E-state index contributed by atoms with van der Waals surface area (Å²) in [6.07, 6.45) is 7.48. The lowest BCUT2D eigenvalue weighted by Gasteiger charge is -2.43. The van der Waals surface area contributed by atoms with E-state index < -0.39 is 0 Å². The maximum Gasteiger partial charge on any atom is 0.236 e. The molecule has 0 aromatic heterocycles. The van der Waals surface area contributed by atoms with Gasteiger partial charge in [-0.2, -0.15) is 0 Å². The third kappa shape index (κ3) is 2.99. The summed E-state index contributed by atoms with van der Waals surface area (Å²) in [6.45, 7) is 2.30. The van der Waals surface area contributed by atoms with Crippen LogP contribution in [0.25, 0.3) is 0 Å². The standard InChI is InChI=1S/C13H25N3O/c1-15-12(7-8-14)9-16(10-13(15)17)11-5-3-2-4-6-11/h11-12H,2-10,14H2,1H3. The van der Waals surface area contributed by atoms with Crippen molar-refractivity contribution in [1.29, 1.82) is 0 Å². The third-order valence-electron chi connectivity index (χ3n) is 4.32. The van der Waals surface area contributed by atoms with Crippen LogP contribution in [0.2, 0.25) is 0 Å². The van der Waals surface area contributed by atoms with E-state index in [1.165, 1.54) is 32.1 Å². The van der Waals surface area contributed by atoms with Crippen LogP contribution in [0.4, 0.5) is 0 Å². The van der Waals surface area contributed by atoms with Crippen molar-refractivity contribution in [2.75, 3.05) is 26.7 Å². The molecule has 98 valence electrons. The van der Waals surface area contributed by atoms with Crippen LogP contribution >= 0.6 is 0 Å². The number of hydrogen-bond acceptors (Lipinski definition) is 3. The SMILES string of the molecule is CN1C(=O)CN(C2CCCCC2)CC1CCN. The van der Waals surface area contributed by atoms with Gasteiger partial charge in [-0.25, -0.2) is 0 Å². The molecule has 4 nitrogen and oxygen atoms in total. The fraction of sp³-hybridized carbons (Fsp3) is 0.923. The molecule has 1 unspecified atom stereocenters. The maximum atomic E-state index is 12.0. The minimum absolute atomic E-state index is 0.264. The number of carbonyl (C=O) groups is 1. The lowest BCUT2D eigenvalue weighted by atomic mass is 9.93. The van der Waals surface area contributed by atoms with Crippen molar-refractivity contribution >= 4 is 5.91 Å². The summed E-state index contributed by atoms with van der Waals surface area (Å²) in [5, 5.41) is 0. The number of rotatable bonds is 3. The van der Waals surface area contributed by atoms with Gasteiger partial charge in [0.25, 0.3) is 0 Å². The number of piperazine rings is 1. The molecule has 2 fully saturated rings. The summed E-state index contributed by atoms with van der Waals surface area (Å²) in [5.74, 6) is 0.264. The van der Waals surface area contributed by atoms with E-state index in [-0.39, 0.29) is 5.91 Å². The number of nitrogens with zero attached hydrogens (tertiary/aromatic N) is 2. The number of carbonyl (C=O) groups excluding carboxylic acids is 1. The minimum Gasteiger partial charge on any atom is -0.340 e. The highest BCUT2D eigenvalue weighted by atomic mass is 16.2. The van der Waals surface area contributed by atoms with Crippen molar-refractivity contribution in [2.45, 2.75) is 50.6 Å². The Labute approximate surface area is 104 Å². The zero-order valence-electron chi connectivity index (χ0n) is 10.9. The van der Waals surface area contributed by atoms with Crippen LogP contribution in [0.5, 0.6) is 0 Å². The van der Waals surface area contributed by atoms with Gasteiger partial charge in [-0.15, -0.1) is 0 Å². The van der Waals surface area contributed by atoms with Crippen molar-refractivity contribution in [3.8, 4) is 0 Å². The highest BCUT2D eigenvalue weighted by Crippen LogP contribution is 2.25. The fourth-order valence-corrected chi connectivity index (χ4v) is 3.15. The summed E-state index contributed by atoms with van der Waals surface area (Å²) >= 11 is 0. The molecule has 2 rings (SSSR count). The normalized spacial score (nSPS) is 28.7. The second-order valence-corrected chi connectivity index (χ2v) is 5.46. The Hall–Kier alpha value is -0.610. The molecule has 2 aliphatic rings. The molecule has 17 heavy (non-hydrogen) atoms. The average molecular weight is 239 g/mol. The summed E-state index contributed by atoms with van der Waals surface area (Å²) < 4.78 is 0. The van der Waals surface area contributed by atoms with Crippen molar-refractivity contribution in [1.82, 2.24) is 9.80 Å². The van der Waals surface area contributed by atoms with Crippen LogP contribution in [0, 0.1) is 0 Å². The highest BCUT2D eigenvalue weighted by Gasteiger charge is 2.33. The molecule has 1 atom stereocenters. The second kappa shape index (κ2) is 5.83. The summed E-state index contributed by atoms with van der Waals surface area (Å²) in [6, 6.07) is 0.963. The Morgan fingerprint density at radius 3 is 2.65 bits per heavy atom. The predicted octanol–water partition coefficient (Wildman–Crippen LogP) is 0.811. The minimum atomic E-state index is 0.264. The van der Waals surface area contributed by atoms with Crippen LogP contribution in [0.1, 0.15) is 38.5 Å². The van der Waals surface area contributed by atoms with Gasteiger partial charge in [0, 0.05) is 25.7 Å². The van der Waals surface area contributed by atoms with Crippen molar-refractivity contribution < 1.29 is 4.79 Å². The maximum absolute atomic E-state index is 12.0. The zero-order chi connectivity index (χ0) is 12.3. The molecule has 1 saturated carbocycles. The largest absolute Gasteiger partial charge is 0.340 e. The van der Waals surface area contributed by atoms with Gasteiger partial charge in [-0.3, -0.25) is 9.69 Å². The van der Waals surface area contributed by atoms with Crippen LogP contribution in [-0.4, -0.2) is 54.5 Å². The zero-order valence-corrected chi connectivity index (χ0v) is 10.9. The molecule has 0 radical (unpaired) electrons. The molecule has 0 bridgehead atoms. The first-order valence-corrected chi connectivity index (χ1v) is 6.92. The quantitative estimate of drug-likeness (QED) is 0.793. The Morgan fingerprint density at radius 2 is 2.00 bits per heavy atom. The molecule has 1 aliphatic heterocycles. The highest BCUT2D eigenvalue weighted by molar-refractivity contribution is 5.79. The van der Waals surface area contributed by atoms with E-state index in [1.807, 2.05) is 11.9 Å². The van der Waals surface area contributed by atoms with Crippen molar-refractivity contribution in [3.63, 3.8) is 0 Å². The molecule has 0 aromatic carbocycles. The molecular formula is C13H25N3O. The van der Waals surface area contributed by atoms with Gasteiger partial charge in [0.1, 0.15) is 0 Å². The molecule has 1 saturated heterocycles. The topological polar surface area (TPSA) is 49.6 Å². The van der Waals surface area contributed by atoms with Gasteiger partial charge in [-0.1, -0.05) is 19.3 Å². The lowest BCUT2D eigenvalue weighted by Crippen LogP contribution is -2.58. The summed E-state index contributed by atoms with van der Waals surface area (Å²) in [4.78, 5) is 16.3. The smallest absolute Gasteiger partial charge is 0.236 e. The second-order valence-electron chi connectivity index (χ2n) is 5.46. The molecule has 1 heterocycles. The van der Waals surface area contributed by atoms with E-state index in [9.17, 15) is 4.79 Å². The number of amides is 1. The Kier molecular flexibility index (Phi) is 4.40. The number of likely N-dealkylation sites (N-methyl/N-ethyl adjacent to an activating group) is 1. The molecule has 1 amide bonds. The van der Waals surface area contributed by atoms with Crippen molar-refractivity contribution in [2.24, 2.45) is 5.73 Å². The van der Waals surface area contributed by atoms with Gasteiger partial charge >= 0.3 is 0 Å². The summed E-state index contributed by atoms with van der Waals surface area (Å²) in [7, 11) is 1.92. The van der Waals surface area contributed by atoms with E-state index in [4.69, 9.17) is 5.73 Å². The molecule has 1 aliphatic carbocycles. The first-order valence-electron chi connectivity index (χ1n) is 6.92. The van der Waals surface area contributed by atoms with Gasteiger partial charge in [0.2, 0.25) is 5.91 Å². The number of nitrogens with two attached hydrogens (primary N) is 1. The average Bonchev–Trinajstić information content (AvgIpc) is 2.36. The van der Waals surface area contributed by atoms with Crippen LogP contribution in [0.15, 0.2) is 0 Å². The monoisotopic (exact) mass is 239 g/mol. The third-order valence-corrected chi connectivity index (χ3v) is 4.32. The van der Waals surface area contributed by atoms with E-state index in [0.717, 1.165) is 13.0 Å². The molecule has 4 heteroatoms. The van der Waals surface area contributed by atoms with E-state index in [0.29, 0.717) is 25.2 Å². The van der Waals surface area contributed by atoms with E-state index >= 15 is 0 Å². The van der Waals surface area contributed by atoms with Gasteiger partial charge in [0.05, 0.1) is 6.54 Å². The molecule has 0 aromatic rings. The van der Waals surface area contributed by atoms with Crippen LogP contribution < -0.4 is 5.73 Å². The van der Waals surface area contributed by atoms with Crippen molar-refractivity contribution in [3.05, 3.63) is 0 Å². The molecule has 2 N–H and O–H groups in total. The lowest BCUT2D eigenvalue weighted by molar-refractivity contribution is -0.139. The van der Waals surface area contributed by atoms with Crippen LogP contribution in [0.3, 0.4) is 0 Å². The predicted molar refractivity (Wildman–Crippen MR) is 68.7 cm³/mol. The molecule has 0 spiro atoms. The first kappa shape index (κ1) is 12.8.